The van der Waals surface area contributed by atoms with Crippen LogP contribution in [0.1, 0.15) is 6.42 Å². The molecule has 0 saturated heterocycles. The Bertz CT molecular complexity index is 293. The Kier molecular flexibility index (Phi) is 4.90. The highest BCUT2D eigenvalue weighted by atomic mass is 16.6. The standard InChI is InChI=1S/C9H15NO6/c1-10(2,3)5-6(4-7(11)12)16-9(15)8(13)14/h6H,4-5H2,1-3H3,(H-,11,12,13,14)/p+1/t6-/m1/s1. The summed E-state index contributed by atoms with van der Waals surface area (Å²) in [6.45, 7) is 0.228. The molecule has 2 N–H and O–H groups in total. The van der Waals surface area contributed by atoms with Gasteiger partial charge in [-0.05, 0) is 0 Å². The van der Waals surface area contributed by atoms with Crippen molar-refractivity contribution in [3.8, 4) is 0 Å². The first-order valence-corrected chi connectivity index (χ1v) is 4.58. The Labute approximate surface area is 92.8 Å². The van der Waals surface area contributed by atoms with Gasteiger partial charge in [-0.1, -0.05) is 0 Å². The molecule has 0 heterocycles. The average Bonchev–Trinajstić information content (AvgIpc) is 1.98. The van der Waals surface area contributed by atoms with Crippen LogP contribution in [0.4, 0.5) is 0 Å². The van der Waals surface area contributed by atoms with Gasteiger partial charge in [0.15, 0.2) is 6.10 Å². The van der Waals surface area contributed by atoms with E-state index in [1.807, 2.05) is 0 Å². The van der Waals surface area contributed by atoms with E-state index in [0.29, 0.717) is 4.48 Å². The topological polar surface area (TPSA) is 101 Å². The minimum Gasteiger partial charge on any atom is -0.481 e. The molecule has 0 saturated carbocycles. The number of ether oxygens (including phenoxy) is 1. The Morgan fingerprint density at radius 1 is 1.19 bits per heavy atom. The fraction of sp³-hybridized carbons (Fsp3) is 0.667. The molecule has 0 bridgehead atoms. The summed E-state index contributed by atoms with van der Waals surface area (Å²) in [6.07, 6.45) is -1.35. The number of hydrogen-bond donors (Lipinski definition) is 2. The van der Waals surface area contributed by atoms with Crippen LogP contribution in [0.15, 0.2) is 0 Å². The lowest BCUT2D eigenvalue weighted by molar-refractivity contribution is -0.873. The molecule has 0 aromatic rings. The number of rotatable bonds is 5. The summed E-state index contributed by atoms with van der Waals surface area (Å²) in [5.74, 6) is -4.30. The van der Waals surface area contributed by atoms with E-state index in [1.165, 1.54) is 0 Å². The van der Waals surface area contributed by atoms with Crippen LogP contribution in [0.25, 0.3) is 0 Å². The second-order valence-corrected chi connectivity index (χ2v) is 4.40. The molecule has 0 aliphatic heterocycles. The van der Waals surface area contributed by atoms with Gasteiger partial charge in [0.2, 0.25) is 0 Å². The van der Waals surface area contributed by atoms with E-state index in [4.69, 9.17) is 10.2 Å². The number of carbonyl (C=O) groups is 3. The third kappa shape index (κ3) is 6.77. The van der Waals surface area contributed by atoms with Gasteiger partial charge in [0, 0.05) is 0 Å². The zero-order valence-electron chi connectivity index (χ0n) is 9.47. The Balaban J connectivity index is 4.49. The molecule has 92 valence electrons. The molecule has 1 atom stereocenters. The number of aliphatic carboxylic acids is 2. The SMILES string of the molecule is C[N+](C)(C)C[C@@H](CC(=O)O)OC(=O)C(=O)O. The monoisotopic (exact) mass is 234 g/mol. The minimum atomic E-state index is -1.73. The summed E-state index contributed by atoms with van der Waals surface area (Å²) < 4.78 is 4.93. The maximum absolute atomic E-state index is 10.8. The molecule has 0 aromatic carbocycles. The minimum absolute atomic E-state index is 0.228. The smallest absolute Gasteiger partial charge is 0.417 e. The van der Waals surface area contributed by atoms with Crippen molar-refractivity contribution in [3.05, 3.63) is 0 Å². The van der Waals surface area contributed by atoms with Gasteiger partial charge >= 0.3 is 17.9 Å². The summed E-state index contributed by atoms with van der Waals surface area (Å²) >= 11 is 0. The molecule has 7 heteroatoms. The number of quaternary nitrogens is 1. The summed E-state index contributed by atoms with van der Waals surface area (Å²) in [6, 6.07) is 0. The predicted molar refractivity (Wildman–Crippen MR) is 52.7 cm³/mol. The van der Waals surface area contributed by atoms with Crippen LogP contribution in [0, 0.1) is 0 Å². The summed E-state index contributed by atoms with van der Waals surface area (Å²) in [7, 11) is 5.34. The molecule has 16 heavy (non-hydrogen) atoms. The molecule has 0 amide bonds. The van der Waals surface area contributed by atoms with E-state index in [-0.39, 0.29) is 6.54 Å². The molecular weight excluding hydrogens is 218 g/mol. The lowest BCUT2D eigenvalue weighted by Crippen LogP contribution is -2.44. The van der Waals surface area contributed by atoms with Crippen molar-refractivity contribution in [1.82, 2.24) is 0 Å². The molecule has 0 rings (SSSR count). The van der Waals surface area contributed by atoms with Gasteiger partial charge < -0.3 is 19.4 Å². The molecule has 0 spiro atoms. The van der Waals surface area contributed by atoms with Crippen LogP contribution in [-0.2, 0) is 19.1 Å². The van der Waals surface area contributed by atoms with Crippen molar-refractivity contribution in [2.45, 2.75) is 12.5 Å². The fourth-order valence-corrected chi connectivity index (χ4v) is 1.15. The van der Waals surface area contributed by atoms with Crippen LogP contribution >= 0.6 is 0 Å². The van der Waals surface area contributed by atoms with Crippen molar-refractivity contribution in [2.24, 2.45) is 0 Å². The van der Waals surface area contributed by atoms with Crippen molar-refractivity contribution in [2.75, 3.05) is 27.7 Å². The van der Waals surface area contributed by atoms with E-state index in [9.17, 15) is 14.4 Å². The van der Waals surface area contributed by atoms with Gasteiger partial charge in [-0.2, -0.15) is 0 Å². The van der Waals surface area contributed by atoms with E-state index in [2.05, 4.69) is 4.74 Å². The predicted octanol–water partition coefficient (Wildman–Crippen LogP) is -0.836. The Morgan fingerprint density at radius 2 is 1.69 bits per heavy atom. The van der Waals surface area contributed by atoms with E-state index in [0.717, 1.165) is 0 Å². The molecule has 0 fully saturated rings. The Morgan fingerprint density at radius 3 is 2.00 bits per heavy atom. The first kappa shape index (κ1) is 14.4. The van der Waals surface area contributed by atoms with E-state index < -0.39 is 30.4 Å². The summed E-state index contributed by atoms with van der Waals surface area (Å²) in [5, 5.41) is 16.9. The Hall–Kier alpha value is -1.63. The van der Waals surface area contributed by atoms with Crippen molar-refractivity contribution >= 4 is 17.9 Å². The zero-order valence-corrected chi connectivity index (χ0v) is 9.47. The number of hydrogen-bond acceptors (Lipinski definition) is 4. The van der Waals surface area contributed by atoms with Gasteiger partial charge in [0.1, 0.15) is 6.54 Å². The van der Waals surface area contributed by atoms with Crippen LogP contribution in [0.3, 0.4) is 0 Å². The van der Waals surface area contributed by atoms with Crippen LogP contribution < -0.4 is 0 Å². The largest absolute Gasteiger partial charge is 0.481 e. The van der Waals surface area contributed by atoms with Gasteiger partial charge in [-0.3, -0.25) is 4.79 Å². The number of nitrogens with zero attached hydrogens (tertiary/aromatic N) is 1. The fourth-order valence-electron chi connectivity index (χ4n) is 1.15. The van der Waals surface area contributed by atoms with E-state index in [1.54, 1.807) is 21.1 Å². The highest BCUT2D eigenvalue weighted by Gasteiger charge is 2.27. The first-order valence-electron chi connectivity index (χ1n) is 4.58. The number of likely N-dealkylation sites (N-methyl/N-ethyl adjacent to an activating group) is 1. The molecule has 0 unspecified atom stereocenters. The average molecular weight is 234 g/mol. The molecule has 7 nitrogen and oxygen atoms in total. The van der Waals surface area contributed by atoms with E-state index >= 15 is 0 Å². The van der Waals surface area contributed by atoms with Crippen LogP contribution in [0.5, 0.6) is 0 Å². The second kappa shape index (κ2) is 5.45. The van der Waals surface area contributed by atoms with Gasteiger partial charge in [-0.15, -0.1) is 0 Å². The quantitative estimate of drug-likeness (QED) is 0.365. The summed E-state index contributed by atoms with van der Waals surface area (Å²) in [4.78, 5) is 31.6. The van der Waals surface area contributed by atoms with Gasteiger partial charge in [-0.25, -0.2) is 9.59 Å². The molecule has 0 aromatic heterocycles. The molecule has 0 aliphatic rings. The van der Waals surface area contributed by atoms with Crippen LogP contribution in [0.2, 0.25) is 0 Å². The highest BCUT2D eigenvalue weighted by Crippen LogP contribution is 2.05. The normalized spacial score (nSPS) is 12.9. The molecular formula is C9H16NO6+. The van der Waals surface area contributed by atoms with Crippen LogP contribution in [-0.4, -0.2) is 66.4 Å². The lowest BCUT2D eigenvalue weighted by Gasteiger charge is -2.27. The van der Waals surface area contributed by atoms with Crippen molar-refractivity contribution in [1.29, 1.82) is 0 Å². The van der Waals surface area contributed by atoms with Gasteiger partial charge in [0.25, 0.3) is 0 Å². The maximum Gasteiger partial charge on any atom is 0.417 e. The number of carboxylic acid groups (broad SMARTS) is 2. The van der Waals surface area contributed by atoms with Crippen molar-refractivity contribution in [3.63, 3.8) is 0 Å². The zero-order chi connectivity index (χ0) is 12.9. The number of carbonyl (C=O) groups excluding carboxylic acids is 1. The maximum atomic E-state index is 10.8. The van der Waals surface area contributed by atoms with Gasteiger partial charge in [0.05, 0.1) is 27.6 Å². The summed E-state index contributed by atoms with van der Waals surface area (Å²) in [5.41, 5.74) is 0. The highest BCUT2D eigenvalue weighted by molar-refractivity contribution is 6.28. The third-order valence-electron chi connectivity index (χ3n) is 1.60. The third-order valence-corrected chi connectivity index (χ3v) is 1.60. The van der Waals surface area contributed by atoms with Crippen molar-refractivity contribution < 1.29 is 33.8 Å². The first-order chi connectivity index (χ1) is 7.11. The number of esters is 1. The molecule has 0 radical (unpaired) electrons. The molecule has 0 aliphatic carbocycles. The number of carboxylic acids is 2. The second-order valence-electron chi connectivity index (χ2n) is 4.40. The lowest BCUT2D eigenvalue weighted by atomic mass is 10.2.